The molecule has 0 saturated heterocycles. The molecule has 0 radical (unpaired) electrons. The summed E-state index contributed by atoms with van der Waals surface area (Å²) >= 11 is 0. The van der Waals surface area contributed by atoms with E-state index >= 15 is 0 Å². The van der Waals surface area contributed by atoms with Gasteiger partial charge in [-0.3, -0.25) is 9.59 Å². The molecule has 0 atom stereocenters. The number of nitrogens with one attached hydrogen (secondary N) is 1. The van der Waals surface area contributed by atoms with Crippen molar-refractivity contribution in [2.24, 2.45) is 0 Å². The number of carbonyl (C=O) groups is 2. The minimum Gasteiger partial charge on any atom is -0.329 e. The van der Waals surface area contributed by atoms with Crippen molar-refractivity contribution in [2.45, 2.75) is 34.2 Å². The van der Waals surface area contributed by atoms with Crippen LogP contribution in [-0.2, 0) is 16.1 Å². The predicted molar refractivity (Wildman–Crippen MR) is 96.8 cm³/mol. The molecule has 2 aromatic carbocycles. The first-order valence-electron chi connectivity index (χ1n) is 8.04. The lowest BCUT2D eigenvalue weighted by Gasteiger charge is -2.22. The van der Waals surface area contributed by atoms with E-state index in [1.807, 2.05) is 63.2 Å². The van der Waals surface area contributed by atoms with Crippen LogP contribution in [0.15, 0.2) is 42.5 Å². The van der Waals surface area contributed by atoms with Crippen LogP contribution in [0, 0.1) is 20.8 Å². The van der Waals surface area contributed by atoms with Gasteiger partial charge >= 0.3 is 0 Å². The van der Waals surface area contributed by atoms with E-state index < -0.39 is 0 Å². The number of benzene rings is 2. The van der Waals surface area contributed by atoms with E-state index in [0.717, 1.165) is 27.9 Å². The number of anilines is 1. The Hall–Kier alpha value is -2.62. The van der Waals surface area contributed by atoms with Gasteiger partial charge in [0.15, 0.2) is 0 Å². The molecule has 0 heterocycles. The molecule has 4 nitrogen and oxygen atoms in total. The molecule has 0 unspecified atom stereocenters. The van der Waals surface area contributed by atoms with Crippen molar-refractivity contribution in [3.63, 3.8) is 0 Å². The molecule has 126 valence electrons. The molecule has 2 rings (SSSR count). The maximum absolute atomic E-state index is 12.4. The molecule has 0 spiro atoms. The standard InChI is InChI=1S/C20H24N2O2/c1-14-9-10-16(3)19(11-14)21-20(24)13-22(17(4)23)12-18-8-6-5-7-15(18)2/h5-11H,12-13H2,1-4H3,(H,21,24). The van der Waals surface area contributed by atoms with Crippen LogP contribution >= 0.6 is 0 Å². The minimum absolute atomic E-state index is 0.0387. The van der Waals surface area contributed by atoms with Gasteiger partial charge in [0.2, 0.25) is 11.8 Å². The van der Waals surface area contributed by atoms with Crippen molar-refractivity contribution in [1.82, 2.24) is 4.90 Å². The Labute approximate surface area is 143 Å². The molecule has 0 fully saturated rings. The van der Waals surface area contributed by atoms with Crippen LogP contribution < -0.4 is 5.32 Å². The smallest absolute Gasteiger partial charge is 0.244 e. The van der Waals surface area contributed by atoms with Gasteiger partial charge in [-0.05, 0) is 49.1 Å². The van der Waals surface area contributed by atoms with E-state index in [9.17, 15) is 9.59 Å². The first-order valence-corrected chi connectivity index (χ1v) is 8.04. The third-order valence-corrected chi connectivity index (χ3v) is 4.07. The van der Waals surface area contributed by atoms with Gasteiger partial charge in [-0.15, -0.1) is 0 Å². The maximum Gasteiger partial charge on any atom is 0.244 e. The Kier molecular flexibility index (Phi) is 5.74. The fourth-order valence-corrected chi connectivity index (χ4v) is 2.51. The van der Waals surface area contributed by atoms with Crippen LogP contribution in [-0.4, -0.2) is 23.3 Å². The summed E-state index contributed by atoms with van der Waals surface area (Å²) < 4.78 is 0. The molecule has 0 aromatic heterocycles. The summed E-state index contributed by atoms with van der Waals surface area (Å²) in [4.78, 5) is 25.8. The van der Waals surface area contributed by atoms with Crippen molar-refractivity contribution in [1.29, 1.82) is 0 Å². The second kappa shape index (κ2) is 7.77. The highest BCUT2D eigenvalue weighted by Crippen LogP contribution is 2.17. The summed E-state index contributed by atoms with van der Waals surface area (Å²) in [5.74, 6) is -0.304. The summed E-state index contributed by atoms with van der Waals surface area (Å²) in [6, 6.07) is 13.8. The molecular weight excluding hydrogens is 300 g/mol. The zero-order valence-electron chi connectivity index (χ0n) is 14.7. The molecule has 24 heavy (non-hydrogen) atoms. The summed E-state index contributed by atoms with van der Waals surface area (Å²) in [7, 11) is 0. The lowest BCUT2D eigenvalue weighted by molar-refractivity contribution is -0.133. The van der Waals surface area contributed by atoms with Crippen molar-refractivity contribution >= 4 is 17.5 Å². The number of carbonyl (C=O) groups excluding carboxylic acids is 2. The summed E-state index contributed by atoms with van der Waals surface area (Å²) in [5, 5.41) is 2.90. The fraction of sp³-hybridized carbons (Fsp3) is 0.300. The first kappa shape index (κ1) is 17.7. The van der Waals surface area contributed by atoms with Gasteiger partial charge < -0.3 is 10.2 Å². The zero-order chi connectivity index (χ0) is 17.7. The number of amides is 2. The number of hydrogen-bond acceptors (Lipinski definition) is 2. The van der Waals surface area contributed by atoms with Crippen molar-refractivity contribution in [3.05, 3.63) is 64.7 Å². The largest absolute Gasteiger partial charge is 0.329 e. The van der Waals surface area contributed by atoms with Gasteiger partial charge in [0.1, 0.15) is 6.54 Å². The number of aryl methyl sites for hydroxylation is 3. The third kappa shape index (κ3) is 4.69. The molecule has 2 aromatic rings. The second-order valence-electron chi connectivity index (χ2n) is 6.17. The molecule has 2 amide bonds. The SMILES string of the molecule is CC(=O)N(CC(=O)Nc1cc(C)ccc1C)Cc1ccccc1C. The Morgan fingerprint density at radius 3 is 2.38 bits per heavy atom. The Balaban J connectivity index is 2.07. The molecule has 0 saturated carbocycles. The first-order chi connectivity index (χ1) is 11.4. The quantitative estimate of drug-likeness (QED) is 0.913. The van der Waals surface area contributed by atoms with Crippen LogP contribution in [0.1, 0.15) is 29.2 Å². The van der Waals surface area contributed by atoms with Gasteiger partial charge in [-0.2, -0.15) is 0 Å². The van der Waals surface area contributed by atoms with Gasteiger partial charge in [0.05, 0.1) is 0 Å². The van der Waals surface area contributed by atoms with Gasteiger partial charge in [0, 0.05) is 19.2 Å². The molecule has 0 aliphatic rings. The van der Waals surface area contributed by atoms with E-state index in [2.05, 4.69) is 5.32 Å². The fourth-order valence-electron chi connectivity index (χ4n) is 2.51. The Bertz CT molecular complexity index is 753. The molecule has 1 N–H and O–H groups in total. The summed E-state index contributed by atoms with van der Waals surface area (Å²) in [6.07, 6.45) is 0. The zero-order valence-corrected chi connectivity index (χ0v) is 14.7. The number of rotatable bonds is 5. The van der Waals surface area contributed by atoms with Gasteiger partial charge in [0.25, 0.3) is 0 Å². The van der Waals surface area contributed by atoms with Gasteiger partial charge in [-0.1, -0.05) is 36.4 Å². The van der Waals surface area contributed by atoms with E-state index in [0.29, 0.717) is 6.54 Å². The van der Waals surface area contributed by atoms with Crippen molar-refractivity contribution < 1.29 is 9.59 Å². The molecule has 0 bridgehead atoms. The maximum atomic E-state index is 12.4. The normalized spacial score (nSPS) is 10.3. The van der Waals surface area contributed by atoms with Crippen LogP contribution in [0.25, 0.3) is 0 Å². The van der Waals surface area contributed by atoms with E-state index in [-0.39, 0.29) is 18.4 Å². The highest BCUT2D eigenvalue weighted by atomic mass is 16.2. The lowest BCUT2D eigenvalue weighted by Crippen LogP contribution is -2.36. The van der Waals surface area contributed by atoms with Gasteiger partial charge in [-0.25, -0.2) is 0 Å². The van der Waals surface area contributed by atoms with E-state index in [1.165, 1.54) is 6.92 Å². The van der Waals surface area contributed by atoms with Crippen molar-refractivity contribution in [3.8, 4) is 0 Å². The third-order valence-electron chi connectivity index (χ3n) is 4.07. The highest BCUT2D eigenvalue weighted by Gasteiger charge is 2.15. The number of hydrogen-bond donors (Lipinski definition) is 1. The van der Waals surface area contributed by atoms with E-state index in [1.54, 1.807) is 4.90 Å². The Morgan fingerprint density at radius 1 is 1.00 bits per heavy atom. The molecule has 0 aliphatic carbocycles. The second-order valence-corrected chi connectivity index (χ2v) is 6.17. The lowest BCUT2D eigenvalue weighted by atomic mass is 10.1. The molecule has 0 aliphatic heterocycles. The summed E-state index contributed by atoms with van der Waals surface area (Å²) in [5.41, 5.74) is 5.03. The van der Waals surface area contributed by atoms with E-state index in [4.69, 9.17) is 0 Å². The average molecular weight is 324 g/mol. The topological polar surface area (TPSA) is 49.4 Å². The number of nitrogens with zero attached hydrogens (tertiary/aromatic N) is 1. The van der Waals surface area contributed by atoms with Crippen molar-refractivity contribution in [2.75, 3.05) is 11.9 Å². The molecule has 4 heteroatoms. The molecular formula is C20H24N2O2. The van der Waals surface area contributed by atoms with Crippen LogP contribution in [0.4, 0.5) is 5.69 Å². The Morgan fingerprint density at radius 2 is 1.71 bits per heavy atom. The van der Waals surface area contributed by atoms with Crippen LogP contribution in [0.2, 0.25) is 0 Å². The highest BCUT2D eigenvalue weighted by molar-refractivity contribution is 5.94. The monoisotopic (exact) mass is 324 g/mol. The van der Waals surface area contributed by atoms with Crippen LogP contribution in [0.5, 0.6) is 0 Å². The summed E-state index contributed by atoms with van der Waals surface area (Å²) in [6.45, 7) is 7.90. The predicted octanol–water partition coefficient (Wildman–Crippen LogP) is 3.60. The van der Waals surface area contributed by atoms with Crippen LogP contribution in [0.3, 0.4) is 0 Å². The minimum atomic E-state index is -0.188. The average Bonchev–Trinajstić information content (AvgIpc) is 2.52.